The highest BCUT2D eigenvalue weighted by atomic mass is 19.1. The molecular weight excluding hydrogens is 309 g/mol. The number of halogens is 1. The Kier molecular flexibility index (Phi) is 4.85. The van der Waals surface area contributed by atoms with Gasteiger partial charge >= 0.3 is 0 Å². The molecule has 2 fully saturated rings. The summed E-state index contributed by atoms with van der Waals surface area (Å²) in [5.41, 5.74) is 5.60. The molecule has 130 valence electrons. The first-order valence-electron chi connectivity index (χ1n) is 8.63. The first-order chi connectivity index (χ1) is 11.5. The molecule has 2 N–H and O–H groups in total. The monoisotopic (exact) mass is 333 g/mol. The molecule has 0 aliphatic carbocycles. The quantitative estimate of drug-likeness (QED) is 0.917. The van der Waals surface area contributed by atoms with Crippen LogP contribution in [0.15, 0.2) is 24.3 Å². The molecule has 24 heavy (non-hydrogen) atoms. The second kappa shape index (κ2) is 6.89. The largest absolute Gasteiger partial charge is 0.368 e. The van der Waals surface area contributed by atoms with Gasteiger partial charge in [0.15, 0.2) is 0 Å². The van der Waals surface area contributed by atoms with Gasteiger partial charge in [0.2, 0.25) is 5.91 Å². The molecule has 0 radical (unpaired) electrons. The Hall–Kier alpha value is -1.95. The minimum atomic E-state index is -0.625. The highest BCUT2D eigenvalue weighted by Gasteiger charge is 2.45. The summed E-state index contributed by atoms with van der Waals surface area (Å²) in [5, 5.41) is 0. The Morgan fingerprint density at radius 1 is 0.958 bits per heavy atom. The predicted octanol–water partition coefficient (Wildman–Crippen LogP) is 1.77. The third kappa shape index (κ3) is 3.15. The highest BCUT2D eigenvalue weighted by molar-refractivity contribution is 5.94. The average molecular weight is 333 g/mol. The number of piperidine rings is 2. The number of rotatable bonds is 3. The number of primary amides is 1. The van der Waals surface area contributed by atoms with Gasteiger partial charge in [-0.15, -0.1) is 0 Å². The summed E-state index contributed by atoms with van der Waals surface area (Å²) in [6.07, 6.45) is 4.51. The fourth-order valence-corrected chi connectivity index (χ4v) is 3.90. The predicted molar refractivity (Wildman–Crippen MR) is 88.9 cm³/mol. The number of nitrogens with zero attached hydrogens (tertiary/aromatic N) is 2. The molecule has 2 heterocycles. The van der Waals surface area contributed by atoms with Crippen molar-refractivity contribution >= 4 is 11.8 Å². The van der Waals surface area contributed by atoms with Crippen LogP contribution < -0.4 is 5.73 Å². The Morgan fingerprint density at radius 2 is 1.54 bits per heavy atom. The fraction of sp³-hybridized carbons (Fsp3) is 0.556. The van der Waals surface area contributed by atoms with Crippen molar-refractivity contribution in [2.45, 2.75) is 37.6 Å². The zero-order chi connectivity index (χ0) is 17.2. The molecular formula is C18H24FN3O2. The van der Waals surface area contributed by atoms with E-state index in [9.17, 15) is 14.0 Å². The molecule has 1 aromatic carbocycles. The van der Waals surface area contributed by atoms with Gasteiger partial charge < -0.3 is 10.6 Å². The van der Waals surface area contributed by atoms with Gasteiger partial charge in [0, 0.05) is 18.7 Å². The first-order valence-corrected chi connectivity index (χ1v) is 8.63. The highest BCUT2D eigenvalue weighted by Crippen LogP contribution is 2.32. The van der Waals surface area contributed by atoms with E-state index in [4.69, 9.17) is 5.73 Å². The molecule has 0 atom stereocenters. The van der Waals surface area contributed by atoms with E-state index in [1.807, 2.05) is 0 Å². The Labute approximate surface area is 141 Å². The molecule has 2 amide bonds. The number of nitrogens with two attached hydrogens (primary N) is 1. The molecule has 6 heteroatoms. The number of carbonyl (C=O) groups is 2. The maximum Gasteiger partial charge on any atom is 0.253 e. The molecule has 2 aliphatic heterocycles. The van der Waals surface area contributed by atoms with Crippen LogP contribution in [0, 0.1) is 5.82 Å². The fourth-order valence-electron chi connectivity index (χ4n) is 3.90. The molecule has 0 bridgehead atoms. The minimum Gasteiger partial charge on any atom is -0.368 e. The summed E-state index contributed by atoms with van der Waals surface area (Å²) in [6.45, 7) is 2.79. The average Bonchev–Trinajstić information content (AvgIpc) is 2.62. The van der Waals surface area contributed by atoms with Crippen molar-refractivity contribution in [3.05, 3.63) is 35.6 Å². The standard InChI is InChI=1S/C18H24FN3O2/c19-15-6-4-14(5-7-15)16(23)21-12-8-18(9-13-21,17(20)24)22-10-2-1-3-11-22/h4-7H,1-3,8-13H2,(H2,20,24). The maximum atomic E-state index is 13.0. The molecule has 5 nitrogen and oxygen atoms in total. The third-order valence-electron chi connectivity index (χ3n) is 5.39. The van der Waals surface area contributed by atoms with Crippen molar-refractivity contribution in [3.8, 4) is 0 Å². The van der Waals surface area contributed by atoms with Crippen LogP contribution in [-0.2, 0) is 4.79 Å². The van der Waals surface area contributed by atoms with E-state index in [1.54, 1.807) is 4.90 Å². The second-order valence-corrected chi connectivity index (χ2v) is 6.74. The van der Waals surface area contributed by atoms with Crippen molar-refractivity contribution in [1.82, 2.24) is 9.80 Å². The van der Waals surface area contributed by atoms with Crippen LogP contribution in [-0.4, -0.2) is 53.3 Å². The number of benzene rings is 1. The molecule has 2 aliphatic rings. The third-order valence-corrected chi connectivity index (χ3v) is 5.39. The summed E-state index contributed by atoms with van der Waals surface area (Å²) < 4.78 is 13.0. The number of amides is 2. The number of hydrogen-bond donors (Lipinski definition) is 1. The first kappa shape index (κ1) is 16.9. The summed E-state index contributed by atoms with van der Waals surface area (Å²) in [7, 11) is 0. The topological polar surface area (TPSA) is 66.6 Å². The molecule has 0 unspecified atom stereocenters. The van der Waals surface area contributed by atoms with Crippen molar-refractivity contribution in [2.75, 3.05) is 26.2 Å². The lowest BCUT2D eigenvalue weighted by Crippen LogP contribution is -2.63. The molecule has 0 spiro atoms. The molecule has 0 aromatic heterocycles. The smallest absolute Gasteiger partial charge is 0.253 e. The Morgan fingerprint density at radius 3 is 2.08 bits per heavy atom. The number of hydrogen-bond acceptors (Lipinski definition) is 3. The normalized spacial score (nSPS) is 21.5. The van der Waals surface area contributed by atoms with Crippen molar-refractivity contribution < 1.29 is 14.0 Å². The minimum absolute atomic E-state index is 0.119. The van der Waals surface area contributed by atoms with Gasteiger partial charge in [0.25, 0.3) is 5.91 Å². The van der Waals surface area contributed by atoms with Crippen LogP contribution >= 0.6 is 0 Å². The van der Waals surface area contributed by atoms with E-state index in [1.165, 1.54) is 30.7 Å². The van der Waals surface area contributed by atoms with Gasteiger partial charge in [-0.1, -0.05) is 6.42 Å². The van der Waals surface area contributed by atoms with E-state index >= 15 is 0 Å². The summed E-state index contributed by atoms with van der Waals surface area (Å²) >= 11 is 0. The van der Waals surface area contributed by atoms with Crippen LogP contribution in [0.1, 0.15) is 42.5 Å². The maximum absolute atomic E-state index is 13.0. The lowest BCUT2D eigenvalue weighted by molar-refractivity contribution is -0.134. The second-order valence-electron chi connectivity index (χ2n) is 6.74. The van der Waals surface area contributed by atoms with E-state index in [2.05, 4.69) is 4.90 Å². The lowest BCUT2D eigenvalue weighted by atomic mass is 9.83. The van der Waals surface area contributed by atoms with Crippen LogP contribution in [0.2, 0.25) is 0 Å². The van der Waals surface area contributed by atoms with E-state index in [0.29, 0.717) is 31.5 Å². The lowest BCUT2D eigenvalue weighted by Gasteiger charge is -2.48. The van der Waals surface area contributed by atoms with Gasteiger partial charge in [-0.05, 0) is 63.0 Å². The van der Waals surface area contributed by atoms with E-state index in [-0.39, 0.29) is 17.6 Å². The summed E-state index contributed by atoms with van der Waals surface area (Å²) in [5.74, 6) is -0.756. The Bertz CT molecular complexity index is 603. The Balaban J connectivity index is 1.69. The van der Waals surface area contributed by atoms with Crippen molar-refractivity contribution in [1.29, 1.82) is 0 Å². The van der Waals surface area contributed by atoms with Crippen molar-refractivity contribution in [3.63, 3.8) is 0 Å². The van der Waals surface area contributed by atoms with Gasteiger partial charge in [-0.25, -0.2) is 4.39 Å². The summed E-state index contributed by atoms with van der Waals surface area (Å²) in [6, 6.07) is 5.58. The zero-order valence-corrected chi connectivity index (χ0v) is 13.8. The molecule has 0 saturated carbocycles. The number of likely N-dealkylation sites (tertiary alicyclic amines) is 2. The van der Waals surface area contributed by atoms with Gasteiger partial charge in [0.1, 0.15) is 11.4 Å². The molecule has 2 saturated heterocycles. The molecule has 3 rings (SSSR count). The van der Waals surface area contributed by atoms with E-state index < -0.39 is 5.54 Å². The molecule has 1 aromatic rings. The zero-order valence-electron chi connectivity index (χ0n) is 13.8. The van der Waals surface area contributed by atoms with Crippen LogP contribution in [0.3, 0.4) is 0 Å². The van der Waals surface area contributed by atoms with Crippen LogP contribution in [0.4, 0.5) is 4.39 Å². The van der Waals surface area contributed by atoms with Crippen molar-refractivity contribution in [2.24, 2.45) is 5.73 Å². The SMILES string of the molecule is NC(=O)C1(N2CCCCC2)CCN(C(=O)c2ccc(F)cc2)CC1. The summed E-state index contributed by atoms with van der Waals surface area (Å²) in [4.78, 5) is 28.7. The van der Waals surface area contributed by atoms with Crippen LogP contribution in [0.25, 0.3) is 0 Å². The number of carbonyl (C=O) groups excluding carboxylic acids is 2. The van der Waals surface area contributed by atoms with Crippen LogP contribution in [0.5, 0.6) is 0 Å². The van der Waals surface area contributed by atoms with Gasteiger partial charge in [-0.2, -0.15) is 0 Å². The van der Waals surface area contributed by atoms with Gasteiger partial charge in [-0.3, -0.25) is 14.5 Å². The van der Waals surface area contributed by atoms with E-state index in [0.717, 1.165) is 25.9 Å². The van der Waals surface area contributed by atoms with Gasteiger partial charge in [0.05, 0.1) is 0 Å².